The molecule has 4 heteroatoms. The zero-order valence-corrected chi connectivity index (χ0v) is 12.0. The van der Waals surface area contributed by atoms with E-state index in [1.165, 1.54) is 0 Å². The molecule has 1 heterocycles. The maximum atomic E-state index is 13.1. The summed E-state index contributed by atoms with van der Waals surface area (Å²) in [6.45, 7) is 6.14. The number of alkyl halides is 3. The van der Waals surface area contributed by atoms with Crippen LogP contribution >= 0.6 is 0 Å². The van der Waals surface area contributed by atoms with E-state index < -0.39 is 12.1 Å². The van der Waals surface area contributed by atoms with Crippen LogP contribution in [0, 0.1) is 23.2 Å². The van der Waals surface area contributed by atoms with Gasteiger partial charge in [-0.2, -0.15) is 13.2 Å². The first-order valence-electron chi connectivity index (χ1n) is 7.61. The third kappa shape index (κ3) is 3.45. The summed E-state index contributed by atoms with van der Waals surface area (Å²) < 4.78 is 39.2. The van der Waals surface area contributed by atoms with Gasteiger partial charge in [-0.05, 0) is 62.4 Å². The average molecular weight is 277 g/mol. The van der Waals surface area contributed by atoms with E-state index in [0.717, 1.165) is 38.8 Å². The van der Waals surface area contributed by atoms with Gasteiger partial charge in [0.05, 0.1) is 5.92 Å². The monoisotopic (exact) mass is 277 g/mol. The van der Waals surface area contributed by atoms with Gasteiger partial charge < -0.3 is 5.32 Å². The van der Waals surface area contributed by atoms with Crippen molar-refractivity contribution in [3.63, 3.8) is 0 Å². The first-order chi connectivity index (χ1) is 8.83. The molecule has 1 aliphatic carbocycles. The largest absolute Gasteiger partial charge is 0.391 e. The van der Waals surface area contributed by atoms with E-state index in [4.69, 9.17) is 0 Å². The molecule has 3 unspecified atom stereocenters. The van der Waals surface area contributed by atoms with Gasteiger partial charge in [0, 0.05) is 0 Å². The van der Waals surface area contributed by atoms with Crippen LogP contribution in [-0.2, 0) is 0 Å². The van der Waals surface area contributed by atoms with E-state index in [9.17, 15) is 13.2 Å². The fraction of sp³-hybridized carbons (Fsp3) is 1.00. The van der Waals surface area contributed by atoms with Crippen LogP contribution in [0.3, 0.4) is 0 Å². The highest BCUT2D eigenvalue weighted by molar-refractivity contribution is 4.97. The molecular weight excluding hydrogens is 251 g/mol. The van der Waals surface area contributed by atoms with Crippen LogP contribution in [0.1, 0.15) is 52.4 Å². The topological polar surface area (TPSA) is 12.0 Å². The lowest BCUT2D eigenvalue weighted by atomic mass is 9.58. The average Bonchev–Trinajstić information content (AvgIpc) is 2.31. The molecule has 1 saturated heterocycles. The Labute approximate surface area is 114 Å². The van der Waals surface area contributed by atoms with Crippen molar-refractivity contribution < 1.29 is 13.2 Å². The molecule has 1 aliphatic heterocycles. The predicted octanol–water partition coefficient (Wildman–Crippen LogP) is 4.38. The van der Waals surface area contributed by atoms with Crippen molar-refractivity contribution in [2.75, 3.05) is 13.1 Å². The summed E-state index contributed by atoms with van der Waals surface area (Å²) in [7, 11) is 0. The first kappa shape index (κ1) is 15.1. The molecule has 19 heavy (non-hydrogen) atoms. The van der Waals surface area contributed by atoms with Crippen molar-refractivity contribution in [3.05, 3.63) is 0 Å². The Morgan fingerprint density at radius 1 is 1.26 bits per heavy atom. The van der Waals surface area contributed by atoms with Crippen LogP contribution in [0.15, 0.2) is 0 Å². The van der Waals surface area contributed by atoms with Crippen molar-refractivity contribution in [2.45, 2.75) is 58.5 Å². The molecule has 0 aromatic heterocycles. The van der Waals surface area contributed by atoms with Crippen molar-refractivity contribution in [1.82, 2.24) is 5.32 Å². The van der Waals surface area contributed by atoms with Crippen LogP contribution in [0.2, 0.25) is 0 Å². The van der Waals surface area contributed by atoms with Crippen molar-refractivity contribution in [1.29, 1.82) is 0 Å². The molecule has 0 aromatic rings. The summed E-state index contributed by atoms with van der Waals surface area (Å²) in [5, 5.41) is 3.38. The van der Waals surface area contributed by atoms with Gasteiger partial charge in [-0.15, -0.1) is 0 Å². The molecule has 0 radical (unpaired) electrons. The van der Waals surface area contributed by atoms with E-state index in [0.29, 0.717) is 24.7 Å². The Morgan fingerprint density at radius 2 is 2.00 bits per heavy atom. The Kier molecular flexibility index (Phi) is 4.49. The summed E-state index contributed by atoms with van der Waals surface area (Å²) in [5.74, 6) is -0.0755. The summed E-state index contributed by atoms with van der Waals surface area (Å²) in [4.78, 5) is 0. The second kappa shape index (κ2) is 5.63. The molecule has 1 saturated carbocycles. The smallest absolute Gasteiger partial charge is 0.316 e. The Bertz CT molecular complexity index is 296. The summed E-state index contributed by atoms with van der Waals surface area (Å²) >= 11 is 0. The van der Waals surface area contributed by atoms with E-state index in [2.05, 4.69) is 19.2 Å². The Morgan fingerprint density at radius 3 is 2.63 bits per heavy atom. The molecule has 1 spiro atoms. The number of nitrogens with one attached hydrogen (secondary N) is 1. The van der Waals surface area contributed by atoms with Gasteiger partial charge >= 0.3 is 6.18 Å². The highest BCUT2D eigenvalue weighted by atomic mass is 19.4. The normalized spacial score (nSPS) is 36.9. The van der Waals surface area contributed by atoms with Crippen LogP contribution in [0.25, 0.3) is 0 Å². The minimum absolute atomic E-state index is 0.0477. The first-order valence-corrected chi connectivity index (χ1v) is 7.61. The van der Waals surface area contributed by atoms with Gasteiger partial charge in [0.2, 0.25) is 0 Å². The second-order valence-electron chi connectivity index (χ2n) is 6.98. The third-order valence-corrected chi connectivity index (χ3v) is 5.16. The van der Waals surface area contributed by atoms with Gasteiger partial charge in [-0.25, -0.2) is 0 Å². The van der Waals surface area contributed by atoms with Crippen molar-refractivity contribution in [2.24, 2.45) is 23.2 Å². The minimum atomic E-state index is -4.00. The standard InChI is InChI=1S/C15H26F3N/c1-11(2)8-13-10-19-7-6-14(13)5-3-4-12(9-14)15(16,17)18/h11-13,19H,3-10H2,1-2H3. The molecule has 0 aromatic carbocycles. The molecule has 2 fully saturated rings. The number of rotatable bonds is 2. The highest BCUT2D eigenvalue weighted by Crippen LogP contribution is 2.53. The molecule has 1 nitrogen and oxygen atoms in total. The maximum absolute atomic E-state index is 13.1. The zero-order chi connectivity index (χ0) is 14.1. The molecule has 0 bridgehead atoms. The quantitative estimate of drug-likeness (QED) is 0.789. The van der Waals surface area contributed by atoms with Gasteiger partial charge in [0.25, 0.3) is 0 Å². The highest BCUT2D eigenvalue weighted by Gasteiger charge is 2.50. The van der Waals surface area contributed by atoms with E-state index in [1.807, 2.05) is 0 Å². The van der Waals surface area contributed by atoms with E-state index in [1.54, 1.807) is 0 Å². The summed E-state index contributed by atoms with van der Waals surface area (Å²) in [5.41, 5.74) is -0.0477. The molecule has 0 amide bonds. The van der Waals surface area contributed by atoms with Crippen LogP contribution in [-0.4, -0.2) is 19.3 Å². The van der Waals surface area contributed by atoms with E-state index >= 15 is 0 Å². The molecule has 3 atom stereocenters. The molecule has 1 N–H and O–H groups in total. The van der Waals surface area contributed by atoms with Gasteiger partial charge in [0.1, 0.15) is 0 Å². The van der Waals surface area contributed by atoms with Crippen LogP contribution in [0.4, 0.5) is 13.2 Å². The lowest BCUT2D eigenvalue weighted by Crippen LogP contribution is -2.49. The van der Waals surface area contributed by atoms with Crippen molar-refractivity contribution in [3.8, 4) is 0 Å². The number of halogens is 3. The fourth-order valence-corrected chi connectivity index (χ4v) is 4.21. The van der Waals surface area contributed by atoms with Crippen LogP contribution in [0.5, 0.6) is 0 Å². The van der Waals surface area contributed by atoms with Gasteiger partial charge in [-0.1, -0.05) is 20.3 Å². The molecule has 2 rings (SSSR count). The number of piperidine rings is 1. The maximum Gasteiger partial charge on any atom is 0.391 e. The second-order valence-corrected chi connectivity index (χ2v) is 6.98. The summed E-state index contributed by atoms with van der Waals surface area (Å²) in [6, 6.07) is 0. The SMILES string of the molecule is CC(C)CC1CNCCC12CCCC(C(F)(F)F)C2. The number of hydrogen-bond acceptors (Lipinski definition) is 1. The van der Waals surface area contributed by atoms with Crippen molar-refractivity contribution >= 4 is 0 Å². The lowest BCUT2D eigenvalue weighted by molar-refractivity contribution is -0.197. The van der Waals surface area contributed by atoms with Gasteiger partial charge in [-0.3, -0.25) is 0 Å². The fourth-order valence-electron chi connectivity index (χ4n) is 4.21. The molecule has 112 valence electrons. The number of hydrogen-bond donors (Lipinski definition) is 1. The predicted molar refractivity (Wildman–Crippen MR) is 70.9 cm³/mol. The Balaban J connectivity index is 2.13. The zero-order valence-electron chi connectivity index (χ0n) is 12.0. The third-order valence-electron chi connectivity index (χ3n) is 5.16. The summed E-state index contributed by atoms with van der Waals surface area (Å²) in [6.07, 6.45) is 0.440. The Hall–Kier alpha value is -0.250. The minimum Gasteiger partial charge on any atom is -0.316 e. The molecule has 2 aliphatic rings. The lowest BCUT2D eigenvalue weighted by Gasteiger charge is -2.50. The molecular formula is C15H26F3N. The van der Waals surface area contributed by atoms with Gasteiger partial charge in [0.15, 0.2) is 0 Å². The van der Waals surface area contributed by atoms with Crippen LogP contribution < -0.4 is 5.32 Å². The van der Waals surface area contributed by atoms with E-state index in [-0.39, 0.29) is 5.41 Å².